The Kier molecular flexibility index (Phi) is 3.70. The van der Waals surface area contributed by atoms with Crippen LogP contribution in [0.1, 0.15) is 41.5 Å². The normalized spacial score (nSPS) is 14.4. The summed E-state index contributed by atoms with van der Waals surface area (Å²) in [6.45, 7) is 11.4. The minimum absolute atomic E-state index is 0.0151. The molecule has 1 amide bonds. The van der Waals surface area contributed by atoms with E-state index in [1.165, 1.54) is 0 Å². The van der Waals surface area contributed by atoms with Crippen LogP contribution in [0.5, 0.6) is 0 Å². The lowest BCUT2D eigenvalue weighted by molar-refractivity contribution is -0.128. The van der Waals surface area contributed by atoms with Crippen LogP contribution in [0.3, 0.4) is 0 Å². The fourth-order valence-electron chi connectivity index (χ4n) is 0.644. The number of carbonyl (C=O) groups excluding carboxylic acids is 1. The number of nitriles is 1. The van der Waals surface area contributed by atoms with Crippen LogP contribution < -0.4 is 5.32 Å². The zero-order chi connectivity index (χ0) is 11.6. The summed E-state index contributed by atoms with van der Waals surface area (Å²) in [4.78, 5) is 11.6. The highest BCUT2D eigenvalue weighted by Crippen LogP contribution is 2.21. The maximum atomic E-state index is 11.6. The van der Waals surface area contributed by atoms with Crippen molar-refractivity contribution in [1.82, 2.24) is 5.32 Å². The van der Waals surface area contributed by atoms with Gasteiger partial charge in [0.25, 0.3) is 0 Å². The van der Waals surface area contributed by atoms with Crippen molar-refractivity contribution in [3.8, 4) is 6.07 Å². The molecule has 0 fully saturated rings. The lowest BCUT2D eigenvalue weighted by Gasteiger charge is -2.30. The van der Waals surface area contributed by atoms with Crippen LogP contribution in [-0.2, 0) is 4.79 Å². The first kappa shape index (κ1) is 13.0. The standard InChI is InChI=1S/C11H20N2O/c1-8(10(2,3)4)13-9(14)11(5,6)7-12/h8H,1-6H3,(H,13,14). The number of hydrogen-bond donors (Lipinski definition) is 1. The molecule has 0 aliphatic rings. The molecule has 80 valence electrons. The molecule has 0 aromatic heterocycles. The monoisotopic (exact) mass is 196 g/mol. The van der Waals surface area contributed by atoms with Gasteiger partial charge in [0.1, 0.15) is 5.41 Å². The molecule has 0 aliphatic carbocycles. The molecule has 0 heterocycles. The molecule has 0 aliphatic heterocycles. The smallest absolute Gasteiger partial charge is 0.240 e. The maximum absolute atomic E-state index is 11.6. The summed E-state index contributed by atoms with van der Waals surface area (Å²) < 4.78 is 0. The average Bonchev–Trinajstić information content (AvgIpc) is 2.02. The predicted molar refractivity (Wildman–Crippen MR) is 56.5 cm³/mol. The third kappa shape index (κ3) is 3.37. The topological polar surface area (TPSA) is 52.9 Å². The van der Waals surface area contributed by atoms with E-state index >= 15 is 0 Å². The van der Waals surface area contributed by atoms with Crippen LogP contribution in [0, 0.1) is 22.2 Å². The van der Waals surface area contributed by atoms with Gasteiger partial charge in [0.2, 0.25) is 5.91 Å². The van der Waals surface area contributed by atoms with Gasteiger partial charge in [-0.25, -0.2) is 0 Å². The van der Waals surface area contributed by atoms with Gasteiger partial charge in [0.15, 0.2) is 0 Å². The molecule has 0 saturated carbocycles. The Morgan fingerprint density at radius 1 is 1.29 bits per heavy atom. The Morgan fingerprint density at radius 2 is 1.71 bits per heavy atom. The van der Waals surface area contributed by atoms with E-state index in [1.54, 1.807) is 13.8 Å². The zero-order valence-electron chi connectivity index (χ0n) is 9.93. The zero-order valence-corrected chi connectivity index (χ0v) is 9.93. The highest BCUT2D eigenvalue weighted by molar-refractivity contribution is 5.84. The number of amides is 1. The van der Waals surface area contributed by atoms with Gasteiger partial charge in [-0.1, -0.05) is 20.8 Å². The average molecular weight is 196 g/mol. The fraction of sp³-hybridized carbons (Fsp3) is 0.818. The minimum atomic E-state index is -0.945. The molecule has 1 N–H and O–H groups in total. The van der Waals surface area contributed by atoms with Crippen molar-refractivity contribution in [2.45, 2.75) is 47.6 Å². The molecule has 0 spiro atoms. The van der Waals surface area contributed by atoms with Crippen LogP contribution >= 0.6 is 0 Å². The first-order valence-corrected chi connectivity index (χ1v) is 4.83. The van der Waals surface area contributed by atoms with Crippen LogP contribution in [0.25, 0.3) is 0 Å². The van der Waals surface area contributed by atoms with Crippen molar-refractivity contribution in [2.75, 3.05) is 0 Å². The maximum Gasteiger partial charge on any atom is 0.240 e. The van der Waals surface area contributed by atoms with E-state index in [9.17, 15) is 4.79 Å². The number of rotatable bonds is 2. The molecule has 0 saturated heterocycles. The summed E-state index contributed by atoms with van der Waals surface area (Å²) in [5.41, 5.74) is -0.930. The lowest BCUT2D eigenvalue weighted by atomic mass is 9.86. The van der Waals surface area contributed by atoms with Crippen molar-refractivity contribution in [3.05, 3.63) is 0 Å². The van der Waals surface area contributed by atoms with E-state index in [0.717, 1.165) is 0 Å². The number of nitrogens with zero attached hydrogens (tertiary/aromatic N) is 1. The Labute approximate surface area is 86.5 Å². The Bertz CT molecular complexity index is 255. The van der Waals surface area contributed by atoms with Crippen LogP contribution in [0.4, 0.5) is 0 Å². The first-order valence-electron chi connectivity index (χ1n) is 4.83. The van der Waals surface area contributed by atoms with E-state index in [4.69, 9.17) is 5.26 Å². The van der Waals surface area contributed by atoms with E-state index in [0.29, 0.717) is 0 Å². The summed E-state index contributed by atoms with van der Waals surface area (Å²) in [5, 5.41) is 11.6. The molecule has 3 nitrogen and oxygen atoms in total. The van der Waals surface area contributed by atoms with Gasteiger partial charge in [-0.15, -0.1) is 0 Å². The van der Waals surface area contributed by atoms with E-state index < -0.39 is 5.41 Å². The van der Waals surface area contributed by atoms with Crippen molar-refractivity contribution in [2.24, 2.45) is 10.8 Å². The van der Waals surface area contributed by atoms with Gasteiger partial charge in [-0.05, 0) is 26.2 Å². The second-order valence-electron chi connectivity index (χ2n) is 5.30. The number of nitrogens with one attached hydrogen (secondary N) is 1. The summed E-state index contributed by atoms with van der Waals surface area (Å²) in [6, 6.07) is 2.04. The number of carbonyl (C=O) groups is 1. The molecule has 0 rings (SSSR count). The second-order valence-corrected chi connectivity index (χ2v) is 5.30. The van der Waals surface area contributed by atoms with Crippen molar-refractivity contribution >= 4 is 5.91 Å². The summed E-state index contributed by atoms with van der Waals surface area (Å²) in [5.74, 6) is -0.206. The second kappa shape index (κ2) is 4.00. The quantitative estimate of drug-likeness (QED) is 0.735. The summed E-state index contributed by atoms with van der Waals surface area (Å²) >= 11 is 0. The molecule has 0 aromatic carbocycles. The van der Waals surface area contributed by atoms with Gasteiger partial charge in [-0.2, -0.15) is 5.26 Å². The largest absolute Gasteiger partial charge is 0.352 e. The highest BCUT2D eigenvalue weighted by Gasteiger charge is 2.31. The fourth-order valence-corrected chi connectivity index (χ4v) is 0.644. The van der Waals surface area contributed by atoms with Crippen LogP contribution in [0.2, 0.25) is 0 Å². The Morgan fingerprint density at radius 3 is 2.00 bits per heavy atom. The molecular formula is C11H20N2O. The molecule has 0 aromatic rings. The van der Waals surface area contributed by atoms with Gasteiger partial charge in [-0.3, -0.25) is 4.79 Å². The first-order chi connectivity index (χ1) is 6.11. The van der Waals surface area contributed by atoms with E-state index in [-0.39, 0.29) is 17.4 Å². The SMILES string of the molecule is CC(NC(=O)C(C)(C)C#N)C(C)(C)C. The molecule has 3 heteroatoms. The Hall–Kier alpha value is -1.04. The minimum Gasteiger partial charge on any atom is -0.352 e. The summed E-state index contributed by atoms with van der Waals surface area (Å²) in [6.07, 6.45) is 0. The Balaban J connectivity index is 4.44. The lowest BCUT2D eigenvalue weighted by Crippen LogP contribution is -2.46. The van der Waals surface area contributed by atoms with Gasteiger partial charge >= 0.3 is 0 Å². The van der Waals surface area contributed by atoms with E-state index in [1.807, 2.05) is 13.0 Å². The third-order valence-corrected chi connectivity index (χ3v) is 2.49. The molecule has 1 atom stereocenters. The molecule has 14 heavy (non-hydrogen) atoms. The molecule has 0 bridgehead atoms. The van der Waals surface area contributed by atoms with Crippen molar-refractivity contribution < 1.29 is 4.79 Å². The molecule has 0 radical (unpaired) electrons. The van der Waals surface area contributed by atoms with Crippen LogP contribution in [-0.4, -0.2) is 11.9 Å². The van der Waals surface area contributed by atoms with Crippen molar-refractivity contribution in [3.63, 3.8) is 0 Å². The van der Waals surface area contributed by atoms with Gasteiger partial charge in [0, 0.05) is 6.04 Å². The van der Waals surface area contributed by atoms with Gasteiger partial charge in [0.05, 0.1) is 6.07 Å². The number of hydrogen-bond acceptors (Lipinski definition) is 2. The highest BCUT2D eigenvalue weighted by atomic mass is 16.2. The van der Waals surface area contributed by atoms with Gasteiger partial charge < -0.3 is 5.32 Å². The predicted octanol–water partition coefficient (Wildman–Crippen LogP) is 2.09. The molecule has 1 unspecified atom stereocenters. The molecular weight excluding hydrogens is 176 g/mol. The third-order valence-electron chi connectivity index (χ3n) is 2.49. The van der Waals surface area contributed by atoms with Crippen molar-refractivity contribution in [1.29, 1.82) is 5.26 Å². The summed E-state index contributed by atoms with van der Waals surface area (Å²) in [7, 11) is 0. The van der Waals surface area contributed by atoms with Crippen LogP contribution in [0.15, 0.2) is 0 Å². The van der Waals surface area contributed by atoms with E-state index in [2.05, 4.69) is 26.1 Å².